The van der Waals surface area contributed by atoms with Crippen molar-refractivity contribution in [3.8, 4) is 0 Å². The average Bonchev–Trinajstić information content (AvgIpc) is 2.66. The zero-order valence-corrected chi connectivity index (χ0v) is 11.4. The lowest BCUT2D eigenvalue weighted by molar-refractivity contribution is -0.119. The quantitative estimate of drug-likeness (QED) is 0.884. The molecule has 0 saturated carbocycles. The predicted molar refractivity (Wildman–Crippen MR) is 74.6 cm³/mol. The van der Waals surface area contributed by atoms with Gasteiger partial charge in [0.25, 0.3) is 0 Å². The van der Waals surface area contributed by atoms with E-state index in [2.05, 4.69) is 55.2 Å². The number of aromatic nitrogens is 1. The van der Waals surface area contributed by atoms with Crippen LogP contribution in [0.2, 0.25) is 0 Å². The molecule has 0 saturated heterocycles. The maximum Gasteiger partial charge on any atom is 0.216 e. The van der Waals surface area contributed by atoms with Crippen molar-refractivity contribution in [2.24, 2.45) is 7.05 Å². The molecule has 0 aliphatic rings. The fraction of sp³-hybridized carbons (Fsp3) is 0.400. The number of rotatable bonds is 3. The Morgan fingerprint density at radius 1 is 1.33 bits per heavy atom. The van der Waals surface area contributed by atoms with Crippen LogP contribution < -0.4 is 5.32 Å². The fourth-order valence-corrected chi connectivity index (χ4v) is 2.32. The van der Waals surface area contributed by atoms with Gasteiger partial charge in [-0.15, -0.1) is 0 Å². The molecule has 0 fully saturated rings. The lowest BCUT2D eigenvalue weighted by atomic mass is 9.84. The summed E-state index contributed by atoms with van der Waals surface area (Å²) < 4.78 is 2.14. The largest absolute Gasteiger partial charge is 0.355 e. The van der Waals surface area contributed by atoms with Gasteiger partial charge in [0, 0.05) is 43.0 Å². The molecule has 1 aromatic heterocycles. The van der Waals surface area contributed by atoms with E-state index in [1.165, 1.54) is 16.5 Å². The van der Waals surface area contributed by atoms with E-state index in [9.17, 15) is 4.79 Å². The van der Waals surface area contributed by atoms with Crippen molar-refractivity contribution in [2.75, 3.05) is 6.54 Å². The summed E-state index contributed by atoms with van der Waals surface area (Å²) in [7, 11) is 2.06. The minimum Gasteiger partial charge on any atom is -0.355 e. The Labute approximate surface area is 108 Å². The molecule has 1 heterocycles. The molecule has 0 radical (unpaired) electrons. The van der Waals surface area contributed by atoms with Gasteiger partial charge >= 0.3 is 0 Å². The molecule has 1 aromatic carbocycles. The number of carbonyl (C=O) groups excluding carboxylic acids is 1. The summed E-state index contributed by atoms with van der Waals surface area (Å²) in [5.74, 6) is 0.0170. The number of fused-ring (bicyclic) bond motifs is 1. The van der Waals surface area contributed by atoms with Gasteiger partial charge in [0.1, 0.15) is 0 Å². The summed E-state index contributed by atoms with van der Waals surface area (Å²) in [5.41, 5.74) is 2.42. The van der Waals surface area contributed by atoms with Gasteiger partial charge < -0.3 is 9.88 Å². The van der Waals surface area contributed by atoms with Gasteiger partial charge in [-0.3, -0.25) is 4.79 Å². The van der Waals surface area contributed by atoms with Gasteiger partial charge in [-0.2, -0.15) is 0 Å². The zero-order valence-electron chi connectivity index (χ0n) is 11.4. The highest BCUT2D eigenvalue weighted by Crippen LogP contribution is 2.31. The van der Waals surface area contributed by atoms with Crippen molar-refractivity contribution in [3.63, 3.8) is 0 Å². The summed E-state index contributed by atoms with van der Waals surface area (Å²) >= 11 is 0. The molecule has 1 N–H and O–H groups in total. The fourth-order valence-electron chi connectivity index (χ4n) is 2.32. The molecule has 0 spiro atoms. The zero-order chi connectivity index (χ0) is 13.3. The SMILES string of the molecule is CC(=O)NCC(C)(C)c1cn(C)c2ccccc12. The van der Waals surface area contributed by atoms with E-state index in [0.717, 1.165) is 0 Å². The van der Waals surface area contributed by atoms with Crippen LogP contribution >= 0.6 is 0 Å². The van der Waals surface area contributed by atoms with Gasteiger partial charge in [0.2, 0.25) is 5.91 Å². The van der Waals surface area contributed by atoms with Crippen LogP contribution in [0.5, 0.6) is 0 Å². The molecule has 0 atom stereocenters. The highest BCUT2D eigenvalue weighted by atomic mass is 16.1. The average molecular weight is 244 g/mol. The first-order valence-electron chi connectivity index (χ1n) is 6.21. The van der Waals surface area contributed by atoms with Crippen LogP contribution in [0.15, 0.2) is 30.5 Å². The third-order valence-electron chi connectivity index (χ3n) is 3.41. The molecule has 0 bridgehead atoms. The van der Waals surface area contributed by atoms with Crippen LogP contribution in [0.1, 0.15) is 26.3 Å². The summed E-state index contributed by atoms with van der Waals surface area (Å²) in [5, 5.41) is 4.17. The van der Waals surface area contributed by atoms with Gasteiger partial charge in [0.05, 0.1) is 0 Å². The van der Waals surface area contributed by atoms with Gasteiger partial charge in [-0.25, -0.2) is 0 Å². The second-order valence-electron chi connectivity index (χ2n) is 5.46. The number of nitrogens with one attached hydrogen (secondary N) is 1. The maximum absolute atomic E-state index is 11.1. The Bertz CT molecular complexity index is 581. The highest BCUT2D eigenvalue weighted by molar-refractivity contribution is 5.85. The number of carbonyl (C=O) groups is 1. The van der Waals surface area contributed by atoms with E-state index < -0.39 is 0 Å². The molecule has 0 unspecified atom stereocenters. The van der Waals surface area contributed by atoms with Gasteiger partial charge in [0.15, 0.2) is 0 Å². The summed E-state index contributed by atoms with van der Waals surface area (Å²) in [6.45, 7) is 6.52. The number of aryl methyl sites for hydroxylation is 1. The smallest absolute Gasteiger partial charge is 0.216 e. The summed E-state index contributed by atoms with van der Waals surface area (Å²) in [4.78, 5) is 11.1. The number of amides is 1. The van der Waals surface area contributed by atoms with Crippen molar-refractivity contribution in [1.29, 1.82) is 0 Å². The van der Waals surface area contributed by atoms with Crippen LogP contribution in [0.3, 0.4) is 0 Å². The topological polar surface area (TPSA) is 34.0 Å². The summed E-state index contributed by atoms with van der Waals surface area (Å²) in [6, 6.07) is 8.36. The second-order valence-corrected chi connectivity index (χ2v) is 5.46. The third-order valence-corrected chi connectivity index (χ3v) is 3.41. The van der Waals surface area contributed by atoms with Crippen molar-refractivity contribution in [2.45, 2.75) is 26.2 Å². The van der Waals surface area contributed by atoms with Gasteiger partial charge in [-0.1, -0.05) is 32.0 Å². The number of nitrogens with zero attached hydrogens (tertiary/aromatic N) is 1. The molecule has 0 aliphatic heterocycles. The number of hydrogen-bond donors (Lipinski definition) is 1. The molecule has 3 heteroatoms. The lowest BCUT2D eigenvalue weighted by Crippen LogP contribution is -2.35. The first-order valence-corrected chi connectivity index (χ1v) is 6.21. The van der Waals surface area contributed by atoms with E-state index in [-0.39, 0.29) is 11.3 Å². The molecule has 3 nitrogen and oxygen atoms in total. The molecule has 2 rings (SSSR count). The van der Waals surface area contributed by atoms with Crippen molar-refractivity contribution in [1.82, 2.24) is 9.88 Å². The standard InChI is InChI=1S/C15H20N2O/c1-11(18)16-10-15(2,3)13-9-17(4)14-8-6-5-7-12(13)14/h5-9H,10H2,1-4H3,(H,16,18). The van der Waals surface area contributed by atoms with Crippen LogP contribution in [0.25, 0.3) is 10.9 Å². The van der Waals surface area contributed by atoms with Crippen molar-refractivity contribution < 1.29 is 4.79 Å². The Kier molecular flexibility index (Phi) is 3.16. The molecule has 0 aliphatic carbocycles. The highest BCUT2D eigenvalue weighted by Gasteiger charge is 2.24. The Morgan fingerprint density at radius 3 is 2.67 bits per heavy atom. The first kappa shape index (κ1) is 12.7. The maximum atomic E-state index is 11.1. The number of hydrogen-bond acceptors (Lipinski definition) is 1. The normalized spacial score (nSPS) is 11.8. The van der Waals surface area contributed by atoms with E-state index in [0.29, 0.717) is 6.54 Å². The second kappa shape index (κ2) is 4.48. The Hall–Kier alpha value is -1.77. The van der Waals surface area contributed by atoms with E-state index >= 15 is 0 Å². The van der Waals surface area contributed by atoms with Crippen LogP contribution in [0, 0.1) is 0 Å². The van der Waals surface area contributed by atoms with E-state index in [1.807, 2.05) is 6.07 Å². The van der Waals surface area contributed by atoms with Crippen LogP contribution in [-0.4, -0.2) is 17.0 Å². The molecule has 2 aromatic rings. The monoisotopic (exact) mass is 244 g/mol. The predicted octanol–water partition coefficient (Wildman–Crippen LogP) is 2.59. The lowest BCUT2D eigenvalue weighted by Gasteiger charge is -2.24. The minimum absolute atomic E-state index is 0.0170. The molecule has 1 amide bonds. The van der Waals surface area contributed by atoms with Crippen molar-refractivity contribution in [3.05, 3.63) is 36.0 Å². The third kappa shape index (κ3) is 2.26. The van der Waals surface area contributed by atoms with E-state index in [4.69, 9.17) is 0 Å². The first-order chi connectivity index (χ1) is 8.42. The molecular formula is C15H20N2O. The minimum atomic E-state index is -0.0769. The number of benzene rings is 1. The summed E-state index contributed by atoms with van der Waals surface area (Å²) in [6.07, 6.45) is 2.16. The molecule has 18 heavy (non-hydrogen) atoms. The molecular weight excluding hydrogens is 224 g/mol. The van der Waals surface area contributed by atoms with E-state index in [1.54, 1.807) is 6.92 Å². The van der Waals surface area contributed by atoms with Crippen molar-refractivity contribution >= 4 is 16.8 Å². The Morgan fingerprint density at radius 2 is 2.00 bits per heavy atom. The van der Waals surface area contributed by atoms with Crippen LogP contribution in [-0.2, 0) is 17.3 Å². The Balaban J connectivity index is 2.43. The van der Waals surface area contributed by atoms with Gasteiger partial charge in [-0.05, 0) is 11.6 Å². The molecule has 96 valence electrons. The van der Waals surface area contributed by atoms with Crippen LogP contribution in [0.4, 0.5) is 0 Å². The number of para-hydroxylation sites is 1.